The van der Waals surface area contributed by atoms with E-state index in [1.54, 1.807) is 28.8 Å². The number of aromatic nitrogens is 4. The maximum atomic E-state index is 13.0. The van der Waals surface area contributed by atoms with E-state index in [9.17, 15) is 4.79 Å². The van der Waals surface area contributed by atoms with Crippen LogP contribution in [0, 0.1) is 6.92 Å². The number of nitrogens with one attached hydrogen (secondary N) is 1. The number of carbonyl (C=O) groups excluding carboxylic acids is 1. The van der Waals surface area contributed by atoms with E-state index in [1.165, 1.54) is 4.90 Å². The minimum Gasteiger partial charge on any atom is -0.346 e. The number of hydrogen-bond donors (Lipinski definition) is 1. The first kappa shape index (κ1) is 19.8. The molecule has 2 aromatic heterocycles. The van der Waals surface area contributed by atoms with Crippen LogP contribution < -0.4 is 5.32 Å². The molecule has 0 saturated heterocycles. The molecule has 0 aliphatic carbocycles. The lowest BCUT2D eigenvalue weighted by Crippen LogP contribution is -2.24. The van der Waals surface area contributed by atoms with Crippen LogP contribution in [0.15, 0.2) is 78.0 Å². The lowest BCUT2D eigenvalue weighted by molar-refractivity contribution is 0.0946. The molecule has 0 unspecified atom stereocenters. The summed E-state index contributed by atoms with van der Waals surface area (Å²) in [7, 11) is 0. The monoisotopic (exact) mass is 415 g/mol. The highest BCUT2D eigenvalue weighted by Gasteiger charge is 2.22. The molecule has 2 aromatic carbocycles. The van der Waals surface area contributed by atoms with Gasteiger partial charge in [0.15, 0.2) is 5.69 Å². The third-order valence-corrected chi connectivity index (χ3v) is 5.45. The molecule has 0 saturated carbocycles. The molecule has 0 aliphatic heterocycles. The highest BCUT2D eigenvalue weighted by Crippen LogP contribution is 2.25. The van der Waals surface area contributed by atoms with Crippen LogP contribution in [0.5, 0.6) is 0 Å². The molecule has 150 valence electrons. The van der Waals surface area contributed by atoms with Gasteiger partial charge in [-0.15, -0.1) is 16.9 Å². The number of amides is 1. The van der Waals surface area contributed by atoms with Crippen molar-refractivity contribution in [3.63, 3.8) is 0 Å². The van der Waals surface area contributed by atoms with E-state index in [-0.39, 0.29) is 11.6 Å². The maximum Gasteiger partial charge on any atom is 0.274 e. The van der Waals surface area contributed by atoms with Crippen LogP contribution in [0.4, 0.5) is 0 Å². The predicted molar refractivity (Wildman–Crippen MR) is 119 cm³/mol. The second-order valence-corrected chi connectivity index (χ2v) is 7.69. The molecule has 30 heavy (non-hydrogen) atoms. The van der Waals surface area contributed by atoms with E-state index >= 15 is 0 Å². The zero-order valence-electron chi connectivity index (χ0n) is 16.7. The quantitative estimate of drug-likeness (QED) is 0.476. The molecule has 4 rings (SSSR count). The van der Waals surface area contributed by atoms with E-state index in [2.05, 4.69) is 20.6 Å². The van der Waals surface area contributed by atoms with Gasteiger partial charge in [-0.1, -0.05) is 35.0 Å². The SMILES string of the molecule is CSc1ccc(CNC(=O)c2nnn(-c3ccc(C)cc3)c2-c2cccnc2)cc1. The van der Waals surface area contributed by atoms with Crippen LogP contribution >= 0.6 is 11.8 Å². The number of hydrogen-bond acceptors (Lipinski definition) is 5. The summed E-state index contributed by atoms with van der Waals surface area (Å²) in [6, 6.07) is 19.8. The molecular formula is C23H21N5OS. The third-order valence-electron chi connectivity index (χ3n) is 4.71. The molecule has 0 aliphatic rings. The summed E-state index contributed by atoms with van der Waals surface area (Å²) >= 11 is 1.69. The van der Waals surface area contributed by atoms with Gasteiger partial charge in [0.05, 0.1) is 5.69 Å². The predicted octanol–water partition coefficient (Wildman–Crippen LogP) is 4.29. The van der Waals surface area contributed by atoms with Gasteiger partial charge in [0.25, 0.3) is 5.91 Å². The van der Waals surface area contributed by atoms with Gasteiger partial charge in [0.2, 0.25) is 0 Å². The Labute approximate surface area is 179 Å². The summed E-state index contributed by atoms with van der Waals surface area (Å²) in [5.41, 5.74) is 4.66. The molecule has 0 spiro atoms. The number of carbonyl (C=O) groups is 1. The number of nitrogens with zero attached hydrogens (tertiary/aromatic N) is 4. The fraction of sp³-hybridized carbons (Fsp3) is 0.130. The zero-order valence-corrected chi connectivity index (χ0v) is 17.6. The molecule has 0 atom stereocenters. The van der Waals surface area contributed by atoms with Gasteiger partial charge in [-0.2, -0.15) is 0 Å². The fourth-order valence-electron chi connectivity index (χ4n) is 3.07. The van der Waals surface area contributed by atoms with Crippen molar-refractivity contribution in [2.24, 2.45) is 0 Å². The summed E-state index contributed by atoms with van der Waals surface area (Å²) in [6.07, 6.45) is 5.44. The summed E-state index contributed by atoms with van der Waals surface area (Å²) in [5, 5.41) is 11.4. The number of rotatable bonds is 6. The molecule has 2 heterocycles. The highest BCUT2D eigenvalue weighted by molar-refractivity contribution is 7.98. The molecule has 7 heteroatoms. The van der Waals surface area contributed by atoms with Gasteiger partial charge in [-0.05, 0) is 55.1 Å². The van der Waals surface area contributed by atoms with E-state index < -0.39 is 0 Å². The maximum absolute atomic E-state index is 13.0. The largest absolute Gasteiger partial charge is 0.346 e. The Hall–Kier alpha value is -3.45. The smallest absolute Gasteiger partial charge is 0.274 e. The summed E-state index contributed by atoms with van der Waals surface area (Å²) in [6.45, 7) is 2.44. The molecule has 4 aromatic rings. The highest BCUT2D eigenvalue weighted by atomic mass is 32.2. The average Bonchev–Trinajstić information content (AvgIpc) is 3.24. The van der Waals surface area contributed by atoms with Crippen molar-refractivity contribution in [2.45, 2.75) is 18.4 Å². The summed E-state index contributed by atoms with van der Waals surface area (Å²) in [5.74, 6) is -0.277. The van der Waals surface area contributed by atoms with Crippen LogP contribution in [0.2, 0.25) is 0 Å². The summed E-state index contributed by atoms with van der Waals surface area (Å²) < 4.78 is 1.68. The second kappa shape index (κ2) is 8.92. The Balaban J connectivity index is 1.65. The average molecular weight is 416 g/mol. The van der Waals surface area contributed by atoms with Gasteiger partial charge < -0.3 is 5.32 Å². The van der Waals surface area contributed by atoms with Gasteiger partial charge >= 0.3 is 0 Å². The van der Waals surface area contributed by atoms with Crippen molar-refractivity contribution in [3.8, 4) is 16.9 Å². The number of benzene rings is 2. The molecular weight excluding hydrogens is 394 g/mol. The van der Waals surface area contributed by atoms with Crippen LogP contribution in [0.25, 0.3) is 16.9 Å². The third kappa shape index (κ3) is 4.26. The Morgan fingerprint density at radius 3 is 2.50 bits per heavy atom. The van der Waals surface area contributed by atoms with Crippen LogP contribution in [-0.2, 0) is 6.54 Å². The van der Waals surface area contributed by atoms with Crippen molar-refractivity contribution < 1.29 is 4.79 Å². The summed E-state index contributed by atoms with van der Waals surface area (Å²) in [4.78, 5) is 18.4. The van der Waals surface area contributed by atoms with Crippen LogP contribution in [0.3, 0.4) is 0 Å². The number of thioether (sulfide) groups is 1. The van der Waals surface area contributed by atoms with Crippen LogP contribution in [0.1, 0.15) is 21.6 Å². The Bertz CT molecular complexity index is 1140. The minimum absolute atomic E-state index is 0.268. The van der Waals surface area contributed by atoms with Crippen LogP contribution in [-0.4, -0.2) is 32.1 Å². The van der Waals surface area contributed by atoms with E-state index in [4.69, 9.17) is 0 Å². The van der Waals surface area contributed by atoms with Crippen molar-refractivity contribution in [3.05, 3.63) is 89.9 Å². The Morgan fingerprint density at radius 2 is 1.83 bits per heavy atom. The lowest BCUT2D eigenvalue weighted by atomic mass is 10.1. The van der Waals surface area contributed by atoms with Gasteiger partial charge in [-0.3, -0.25) is 9.78 Å². The molecule has 6 nitrogen and oxygen atoms in total. The second-order valence-electron chi connectivity index (χ2n) is 6.81. The van der Waals surface area contributed by atoms with Gasteiger partial charge in [0.1, 0.15) is 5.69 Å². The molecule has 0 bridgehead atoms. The Morgan fingerprint density at radius 1 is 1.07 bits per heavy atom. The van der Waals surface area contributed by atoms with E-state index in [0.29, 0.717) is 12.2 Å². The number of pyridine rings is 1. The number of aryl methyl sites for hydroxylation is 1. The molecule has 0 radical (unpaired) electrons. The van der Waals surface area contributed by atoms with Gasteiger partial charge in [0, 0.05) is 29.4 Å². The Kier molecular flexibility index (Phi) is 5.90. The minimum atomic E-state index is -0.277. The normalized spacial score (nSPS) is 10.7. The standard InChI is InChI=1S/C23H21N5OS/c1-16-5-9-19(10-6-16)28-22(18-4-3-13-24-15-18)21(26-27-28)23(29)25-14-17-7-11-20(30-2)12-8-17/h3-13,15H,14H2,1-2H3,(H,25,29). The van der Waals surface area contributed by atoms with Crippen molar-refractivity contribution in [1.29, 1.82) is 0 Å². The van der Waals surface area contributed by atoms with Crippen molar-refractivity contribution in [2.75, 3.05) is 6.26 Å². The van der Waals surface area contributed by atoms with E-state index in [0.717, 1.165) is 22.4 Å². The van der Waals surface area contributed by atoms with Crippen molar-refractivity contribution >= 4 is 17.7 Å². The zero-order chi connectivity index (χ0) is 20.9. The first-order valence-corrected chi connectivity index (χ1v) is 10.7. The van der Waals surface area contributed by atoms with E-state index in [1.807, 2.05) is 73.8 Å². The van der Waals surface area contributed by atoms with Gasteiger partial charge in [-0.25, -0.2) is 4.68 Å². The molecule has 1 N–H and O–H groups in total. The molecule has 0 fully saturated rings. The topological polar surface area (TPSA) is 72.7 Å². The first-order valence-electron chi connectivity index (χ1n) is 9.50. The molecule has 1 amide bonds. The lowest BCUT2D eigenvalue weighted by Gasteiger charge is -2.09. The van der Waals surface area contributed by atoms with Crippen molar-refractivity contribution in [1.82, 2.24) is 25.3 Å². The first-order chi connectivity index (χ1) is 14.7. The fourth-order valence-corrected chi connectivity index (χ4v) is 3.48.